The number of ether oxygens (including phenoxy) is 4. The van der Waals surface area contributed by atoms with Crippen molar-refractivity contribution in [3.8, 4) is 17.2 Å². The Kier molecular flexibility index (Phi) is 11.2. The Labute approximate surface area is 267 Å². The van der Waals surface area contributed by atoms with Crippen molar-refractivity contribution in [2.75, 3.05) is 20.3 Å². The smallest absolute Gasteiger partial charge is 0.338 e. The maximum atomic E-state index is 12.6. The van der Waals surface area contributed by atoms with E-state index < -0.39 is 23.9 Å². The molecule has 0 saturated heterocycles. The van der Waals surface area contributed by atoms with E-state index in [2.05, 4.69) is 37.1 Å². The number of allylic oxidation sites excluding steroid dienone is 1. The first kappa shape index (κ1) is 32.4. The molecule has 11 nitrogen and oxygen atoms in total. The first-order valence-electron chi connectivity index (χ1n) is 13.4. The monoisotopic (exact) mass is 684 g/mol. The molecule has 13 heteroatoms. The molecule has 44 heavy (non-hydrogen) atoms. The summed E-state index contributed by atoms with van der Waals surface area (Å²) in [5.74, 6) is 0.178. The maximum absolute atomic E-state index is 12.6. The van der Waals surface area contributed by atoms with E-state index in [-0.39, 0.29) is 24.5 Å². The summed E-state index contributed by atoms with van der Waals surface area (Å²) in [7, 11) is 1.44. The van der Waals surface area contributed by atoms with Crippen LogP contribution in [0.5, 0.6) is 17.2 Å². The van der Waals surface area contributed by atoms with Gasteiger partial charge in [0.2, 0.25) is 0 Å². The molecule has 3 aromatic carbocycles. The predicted octanol–water partition coefficient (Wildman–Crippen LogP) is 5.41. The lowest BCUT2D eigenvalue weighted by molar-refractivity contribution is -0.139. The summed E-state index contributed by atoms with van der Waals surface area (Å²) < 4.78 is 22.8. The number of urea groups is 1. The summed E-state index contributed by atoms with van der Waals surface area (Å²) in [6, 6.07) is 16.5. The van der Waals surface area contributed by atoms with Crippen LogP contribution >= 0.6 is 27.5 Å². The van der Waals surface area contributed by atoms with E-state index >= 15 is 0 Å². The molecule has 0 bridgehead atoms. The topological polar surface area (TPSA) is 137 Å². The Morgan fingerprint density at radius 3 is 2.59 bits per heavy atom. The minimum atomic E-state index is -0.771. The van der Waals surface area contributed by atoms with Crippen LogP contribution in [0.15, 0.2) is 81.5 Å². The number of rotatable bonds is 12. The van der Waals surface area contributed by atoms with Crippen LogP contribution in [0.25, 0.3) is 0 Å². The number of hydrogen-bond acceptors (Lipinski definition) is 8. The van der Waals surface area contributed by atoms with Gasteiger partial charge in [-0.1, -0.05) is 29.8 Å². The lowest BCUT2D eigenvalue weighted by Gasteiger charge is -2.28. The summed E-state index contributed by atoms with van der Waals surface area (Å²) in [6.07, 6.45) is 1.49. The highest BCUT2D eigenvalue weighted by atomic mass is 79.9. The third-order valence-corrected chi connectivity index (χ3v) is 7.14. The molecule has 0 radical (unpaired) electrons. The van der Waals surface area contributed by atoms with Gasteiger partial charge >= 0.3 is 12.0 Å². The van der Waals surface area contributed by atoms with Crippen LogP contribution < -0.4 is 30.3 Å². The number of benzene rings is 3. The van der Waals surface area contributed by atoms with Gasteiger partial charge in [-0.2, -0.15) is 5.10 Å². The SMILES string of the molecule is CCOC(=O)C1=C(C)NC(=O)N[C@@H]1c1ccc(OCC(=O)N/N=C/c2ccc(OCc3cccc(Cl)c3)c(Br)c2)c(OC)c1. The fraction of sp³-hybridized carbons (Fsp3) is 0.226. The van der Waals surface area contributed by atoms with Gasteiger partial charge in [0.1, 0.15) is 12.4 Å². The molecular formula is C31H30BrClN4O7. The number of nitrogens with one attached hydrogen (secondary N) is 3. The maximum Gasteiger partial charge on any atom is 0.338 e. The number of carbonyl (C=O) groups is 3. The minimum Gasteiger partial charge on any atom is -0.493 e. The average Bonchev–Trinajstić information content (AvgIpc) is 2.99. The summed E-state index contributed by atoms with van der Waals surface area (Å²) in [5.41, 5.74) is 5.31. The fourth-order valence-corrected chi connectivity index (χ4v) is 4.99. The first-order valence-corrected chi connectivity index (χ1v) is 14.6. The number of hydrazone groups is 1. The number of carbonyl (C=O) groups excluding carboxylic acids is 3. The highest BCUT2D eigenvalue weighted by Crippen LogP contribution is 2.34. The molecule has 3 aromatic rings. The molecule has 0 unspecified atom stereocenters. The zero-order valence-corrected chi connectivity index (χ0v) is 26.5. The number of halogens is 2. The summed E-state index contributed by atoms with van der Waals surface area (Å²) in [6.45, 7) is 3.52. The first-order chi connectivity index (χ1) is 21.2. The average molecular weight is 686 g/mol. The third-order valence-electron chi connectivity index (χ3n) is 6.29. The molecule has 0 spiro atoms. The molecule has 1 atom stereocenters. The number of amides is 3. The van der Waals surface area contributed by atoms with E-state index in [0.29, 0.717) is 34.4 Å². The standard InChI is InChI=1S/C31H30BrClN4O7/c1-4-42-30(39)28-18(2)35-31(40)36-29(28)21-9-11-25(26(14-21)41-3)44-17-27(38)37-34-15-19-8-10-24(23(32)13-19)43-16-20-6-5-7-22(33)12-20/h5-15,29H,4,16-17H2,1-3H3,(H,37,38)(H2,35,36,40)/b34-15+/t29-/m1/s1. The number of methoxy groups -OCH3 is 1. The number of hydrogen-bond donors (Lipinski definition) is 3. The molecule has 3 amide bonds. The molecule has 0 aromatic heterocycles. The van der Waals surface area contributed by atoms with Gasteiger partial charge in [-0.3, -0.25) is 4.79 Å². The van der Waals surface area contributed by atoms with Gasteiger partial charge in [-0.25, -0.2) is 15.0 Å². The van der Waals surface area contributed by atoms with Crippen molar-refractivity contribution in [3.05, 3.63) is 98.1 Å². The van der Waals surface area contributed by atoms with E-state index in [0.717, 1.165) is 15.6 Å². The number of esters is 1. The lowest BCUT2D eigenvalue weighted by Crippen LogP contribution is -2.45. The summed E-state index contributed by atoms with van der Waals surface area (Å²) >= 11 is 9.52. The van der Waals surface area contributed by atoms with Crippen molar-refractivity contribution in [3.63, 3.8) is 0 Å². The highest BCUT2D eigenvalue weighted by Gasteiger charge is 2.32. The molecule has 1 aliphatic rings. The van der Waals surface area contributed by atoms with Crippen LogP contribution in [0, 0.1) is 0 Å². The van der Waals surface area contributed by atoms with Crippen LogP contribution in [0.2, 0.25) is 5.02 Å². The predicted molar refractivity (Wildman–Crippen MR) is 168 cm³/mol. The fourth-order valence-electron chi connectivity index (χ4n) is 4.26. The normalized spacial score (nSPS) is 14.5. The molecule has 230 valence electrons. The van der Waals surface area contributed by atoms with Gasteiger partial charge in [-0.15, -0.1) is 0 Å². The molecule has 1 aliphatic heterocycles. The zero-order valence-electron chi connectivity index (χ0n) is 24.1. The number of nitrogens with zero attached hydrogens (tertiary/aromatic N) is 1. The summed E-state index contributed by atoms with van der Waals surface area (Å²) in [4.78, 5) is 37.1. The Bertz CT molecular complexity index is 1610. The molecule has 4 rings (SSSR count). The van der Waals surface area contributed by atoms with Crippen molar-refractivity contribution in [1.29, 1.82) is 0 Å². The van der Waals surface area contributed by atoms with Gasteiger partial charge in [0.25, 0.3) is 5.91 Å². The Morgan fingerprint density at radius 1 is 1.07 bits per heavy atom. The second kappa shape index (κ2) is 15.3. The van der Waals surface area contributed by atoms with Crippen molar-refractivity contribution in [1.82, 2.24) is 16.1 Å². The van der Waals surface area contributed by atoms with Crippen molar-refractivity contribution >= 4 is 51.7 Å². The Morgan fingerprint density at radius 2 is 1.86 bits per heavy atom. The van der Waals surface area contributed by atoms with Crippen molar-refractivity contribution < 1.29 is 33.3 Å². The van der Waals surface area contributed by atoms with E-state index in [9.17, 15) is 14.4 Å². The van der Waals surface area contributed by atoms with Gasteiger partial charge in [-0.05, 0) is 88.9 Å². The van der Waals surface area contributed by atoms with Crippen LogP contribution in [0.1, 0.15) is 36.6 Å². The molecule has 1 heterocycles. The molecule has 0 saturated carbocycles. The van der Waals surface area contributed by atoms with Crippen LogP contribution in [0.3, 0.4) is 0 Å². The van der Waals surface area contributed by atoms with Crippen molar-refractivity contribution in [2.24, 2.45) is 5.10 Å². The van der Waals surface area contributed by atoms with Gasteiger partial charge in [0.15, 0.2) is 18.1 Å². The lowest BCUT2D eigenvalue weighted by atomic mass is 9.95. The van der Waals surface area contributed by atoms with Gasteiger partial charge < -0.3 is 29.6 Å². The zero-order chi connectivity index (χ0) is 31.6. The van der Waals surface area contributed by atoms with Crippen LogP contribution in [0.4, 0.5) is 4.79 Å². The van der Waals surface area contributed by atoms with Crippen LogP contribution in [-0.4, -0.2) is 44.4 Å². The second-order valence-corrected chi connectivity index (χ2v) is 10.7. The van der Waals surface area contributed by atoms with E-state index in [1.54, 1.807) is 56.3 Å². The van der Waals surface area contributed by atoms with Gasteiger partial charge in [0.05, 0.1) is 36.0 Å². The Balaban J connectivity index is 1.33. The molecular weight excluding hydrogens is 656 g/mol. The Hall–Kier alpha value is -4.55. The molecule has 3 N–H and O–H groups in total. The minimum absolute atomic E-state index is 0.183. The quantitative estimate of drug-likeness (QED) is 0.132. The highest BCUT2D eigenvalue weighted by molar-refractivity contribution is 9.10. The molecule has 0 fully saturated rings. The third kappa shape index (κ3) is 8.51. The van der Waals surface area contributed by atoms with Crippen molar-refractivity contribution in [2.45, 2.75) is 26.5 Å². The largest absolute Gasteiger partial charge is 0.493 e. The van der Waals surface area contributed by atoms with Crippen LogP contribution in [-0.2, 0) is 20.9 Å². The van der Waals surface area contributed by atoms with E-state index in [4.69, 9.17) is 30.5 Å². The van der Waals surface area contributed by atoms with E-state index in [1.807, 2.05) is 18.2 Å². The van der Waals surface area contributed by atoms with E-state index in [1.165, 1.54) is 13.3 Å². The summed E-state index contributed by atoms with van der Waals surface area (Å²) in [5, 5.41) is 9.96. The second-order valence-electron chi connectivity index (χ2n) is 9.39. The van der Waals surface area contributed by atoms with Gasteiger partial charge in [0, 0.05) is 10.7 Å². The molecule has 0 aliphatic carbocycles.